The molecule has 0 bridgehead atoms. The molecule has 5 nitrogen and oxygen atoms in total. The highest BCUT2D eigenvalue weighted by Gasteiger charge is 2.19. The van der Waals surface area contributed by atoms with E-state index in [0.29, 0.717) is 18.4 Å². The van der Waals surface area contributed by atoms with Crippen LogP contribution in [0.3, 0.4) is 0 Å². The maximum absolute atomic E-state index is 11.8. The maximum atomic E-state index is 11.8. The molecule has 0 aromatic carbocycles. The zero-order chi connectivity index (χ0) is 15.9. The zero-order valence-electron chi connectivity index (χ0n) is 13.7. The Balaban J connectivity index is 2.10. The Labute approximate surface area is 131 Å². The van der Waals surface area contributed by atoms with Crippen molar-refractivity contribution in [3.63, 3.8) is 0 Å². The molecule has 0 spiro atoms. The number of ether oxygens (including phenoxy) is 1. The standard InChI is InChI=1S/C15H30N2O3S/c1-12(7-8-13-6-5-10-20-13)17-14(18)16-9-11-21(19)15(2,3)4/h12-13H,5-11H2,1-4H3,(H2,16,17,18)/t12-,13-,21-/m0/s1. The molecule has 1 fully saturated rings. The van der Waals surface area contributed by atoms with Crippen LogP contribution in [0.4, 0.5) is 4.79 Å². The van der Waals surface area contributed by atoms with Gasteiger partial charge in [0, 0.05) is 40.5 Å². The van der Waals surface area contributed by atoms with Crippen molar-refractivity contribution in [2.75, 3.05) is 18.9 Å². The van der Waals surface area contributed by atoms with Crippen LogP contribution in [0.5, 0.6) is 0 Å². The van der Waals surface area contributed by atoms with Gasteiger partial charge in [0.05, 0.1) is 6.10 Å². The number of urea groups is 1. The minimum atomic E-state index is -0.931. The molecule has 0 unspecified atom stereocenters. The van der Waals surface area contributed by atoms with Gasteiger partial charge in [-0.15, -0.1) is 0 Å². The largest absolute Gasteiger partial charge is 0.378 e. The summed E-state index contributed by atoms with van der Waals surface area (Å²) in [6.45, 7) is 9.14. The molecular formula is C15H30N2O3S. The summed E-state index contributed by atoms with van der Waals surface area (Å²) in [4.78, 5) is 11.7. The molecule has 1 aliphatic rings. The molecule has 21 heavy (non-hydrogen) atoms. The quantitative estimate of drug-likeness (QED) is 0.756. The highest BCUT2D eigenvalue weighted by molar-refractivity contribution is 7.86. The van der Waals surface area contributed by atoms with Crippen molar-refractivity contribution in [1.82, 2.24) is 10.6 Å². The van der Waals surface area contributed by atoms with Gasteiger partial charge < -0.3 is 15.4 Å². The van der Waals surface area contributed by atoms with Crippen LogP contribution in [0.25, 0.3) is 0 Å². The molecule has 2 amide bonds. The molecule has 0 aromatic heterocycles. The summed E-state index contributed by atoms with van der Waals surface area (Å²) in [7, 11) is -0.931. The van der Waals surface area contributed by atoms with E-state index < -0.39 is 10.8 Å². The number of amides is 2. The summed E-state index contributed by atoms with van der Waals surface area (Å²) in [6.07, 6.45) is 4.57. The molecule has 1 saturated heterocycles. The Kier molecular flexibility index (Phi) is 7.66. The molecular weight excluding hydrogens is 288 g/mol. The molecule has 1 rings (SSSR count). The topological polar surface area (TPSA) is 67.4 Å². The van der Waals surface area contributed by atoms with Crippen molar-refractivity contribution in [2.24, 2.45) is 0 Å². The van der Waals surface area contributed by atoms with Crippen LogP contribution < -0.4 is 10.6 Å². The number of hydrogen-bond acceptors (Lipinski definition) is 3. The third kappa shape index (κ3) is 7.81. The van der Waals surface area contributed by atoms with Crippen molar-refractivity contribution in [3.8, 4) is 0 Å². The number of rotatable bonds is 7. The van der Waals surface area contributed by atoms with Gasteiger partial charge in [-0.05, 0) is 53.4 Å². The second-order valence-corrected chi connectivity index (χ2v) is 9.00. The first-order valence-corrected chi connectivity index (χ1v) is 9.15. The molecule has 1 heterocycles. The van der Waals surface area contributed by atoms with Crippen LogP contribution >= 0.6 is 0 Å². The molecule has 1 aliphatic heterocycles. The lowest BCUT2D eigenvalue weighted by atomic mass is 10.1. The van der Waals surface area contributed by atoms with Gasteiger partial charge in [0.25, 0.3) is 0 Å². The third-order valence-electron chi connectivity index (χ3n) is 3.58. The van der Waals surface area contributed by atoms with E-state index in [1.165, 1.54) is 0 Å². The first-order chi connectivity index (χ1) is 9.79. The number of nitrogens with one attached hydrogen (secondary N) is 2. The maximum Gasteiger partial charge on any atom is 0.315 e. The third-order valence-corrected chi connectivity index (χ3v) is 5.52. The van der Waals surface area contributed by atoms with Crippen LogP contribution in [0.2, 0.25) is 0 Å². The zero-order valence-corrected chi connectivity index (χ0v) is 14.6. The van der Waals surface area contributed by atoms with Gasteiger partial charge in [-0.2, -0.15) is 0 Å². The predicted octanol–water partition coefficient (Wildman–Crippen LogP) is 2.18. The van der Waals surface area contributed by atoms with Crippen LogP contribution in [0.1, 0.15) is 53.4 Å². The predicted molar refractivity (Wildman–Crippen MR) is 87.0 cm³/mol. The highest BCUT2D eigenvalue weighted by atomic mass is 32.2. The van der Waals surface area contributed by atoms with Crippen LogP contribution in [-0.2, 0) is 15.5 Å². The van der Waals surface area contributed by atoms with Gasteiger partial charge >= 0.3 is 6.03 Å². The van der Waals surface area contributed by atoms with Crippen molar-refractivity contribution in [1.29, 1.82) is 0 Å². The summed E-state index contributed by atoms with van der Waals surface area (Å²) in [6, 6.07) is -0.0527. The first kappa shape index (κ1) is 18.4. The summed E-state index contributed by atoms with van der Waals surface area (Å²) in [5.41, 5.74) is 0. The molecule has 124 valence electrons. The van der Waals surface area contributed by atoms with Crippen LogP contribution in [-0.4, -0.2) is 46.0 Å². The van der Waals surface area contributed by atoms with Crippen LogP contribution in [0.15, 0.2) is 0 Å². The van der Waals surface area contributed by atoms with Gasteiger partial charge in [-0.25, -0.2) is 4.79 Å². The van der Waals surface area contributed by atoms with E-state index in [9.17, 15) is 9.00 Å². The molecule has 0 saturated carbocycles. The summed E-state index contributed by atoms with van der Waals surface area (Å²) in [5.74, 6) is 0.487. The van der Waals surface area contributed by atoms with Gasteiger partial charge in [0.1, 0.15) is 0 Å². The van der Waals surface area contributed by atoms with Crippen molar-refractivity contribution in [2.45, 2.75) is 70.3 Å². The number of carbonyl (C=O) groups excluding carboxylic acids is 1. The Hall–Kier alpha value is -0.620. The van der Waals surface area contributed by atoms with Crippen molar-refractivity contribution in [3.05, 3.63) is 0 Å². The first-order valence-electron chi connectivity index (χ1n) is 7.83. The van der Waals surface area contributed by atoms with Crippen LogP contribution in [0, 0.1) is 0 Å². The van der Waals surface area contributed by atoms with E-state index in [0.717, 1.165) is 32.3 Å². The number of carbonyl (C=O) groups is 1. The Morgan fingerprint density at radius 1 is 1.43 bits per heavy atom. The molecule has 2 N–H and O–H groups in total. The fourth-order valence-electron chi connectivity index (χ4n) is 2.22. The summed E-state index contributed by atoms with van der Waals surface area (Å²) >= 11 is 0. The average Bonchev–Trinajstić information content (AvgIpc) is 2.88. The van der Waals surface area contributed by atoms with E-state index in [4.69, 9.17) is 4.74 Å². The Bertz CT molecular complexity index is 349. The second-order valence-electron chi connectivity index (χ2n) is 6.68. The second kappa shape index (κ2) is 8.73. The Morgan fingerprint density at radius 3 is 2.71 bits per heavy atom. The fraction of sp³-hybridized carbons (Fsp3) is 0.933. The van der Waals surface area contributed by atoms with Gasteiger partial charge in [0.15, 0.2) is 0 Å². The number of hydrogen-bond donors (Lipinski definition) is 2. The Morgan fingerprint density at radius 2 is 2.14 bits per heavy atom. The minimum absolute atomic E-state index is 0.127. The van der Waals surface area contributed by atoms with E-state index in [-0.39, 0.29) is 16.8 Å². The summed E-state index contributed by atoms with van der Waals surface area (Å²) in [5, 5.41) is 5.68. The summed E-state index contributed by atoms with van der Waals surface area (Å²) < 4.78 is 17.2. The molecule has 0 radical (unpaired) electrons. The minimum Gasteiger partial charge on any atom is -0.378 e. The lowest BCUT2D eigenvalue weighted by Crippen LogP contribution is -2.43. The average molecular weight is 318 g/mol. The van der Waals surface area contributed by atoms with Gasteiger partial charge in [-0.1, -0.05) is 0 Å². The lowest BCUT2D eigenvalue weighted by molar-refractivity contribution is 0.100. The monoisotopic (exact) mass is 318 g/mol. The molecule has 3 atom stereocenters. The molecule has 6 heteroatoms. The van der Waals surface area contributed by atoms with Gasteiger partial charge in [0.2, 0.25) is 0 Å². The molecule has 0 aliphatic carbocycles. The van der Waals surface area contributed by atoms with E-state index in [2.05, 4.69) is 10.6 Å². The normalized spacial score (nSPS) is 21.8. The van der Waals surface area contributed by atoms with E-state index in [1.807, 2.05) is 27.7 Å². The van der Waals surface area contributed by atoms with Crippen molar-refractivity contribution < 1.29 is 13.7 Å². The SMILES string of the molecule is C[C@@H](CC[C@@H]1CCCO1)NC(=O)NCC[S@](=O)C(C)(C)C. The fourth-order valence-corrected chi connectivity index (χ4v) is 3.12. The van der Waals surface area contributed by atoms with E-state index >= 15 is 0 Å². The van der Waals surface area contributed by atoms with Crippen molar-refractivity contribution >= 4 is 16.8 Å². The smallest absolute Gasteiger partial charge is 0.315 e. The van der Waals surface area contributed by atoms with E-state index in [1.54, 1.807) is 0 Å². The molecule has 0 aromatic rings. The highest BCUT2D eigenvalue weighted by Crippen LogP contribution is 2.17. The van der Waals surface area contributed by atoms with Gasteiger partial charge in [-0.3, -0.25) is 4.21 Å². The lowest BCUT2D eigenvalue weighted by Gasteiger charge is -2.19.